The Labute approximate surface area is 243 Å². The summed E-state index contributed by atoms with van der Waals surface area (Å²) in [6.07, 6.45) is -0.525. The number of hydrogen-bond donors (Lipinski definition) is 1. The van der Waals surface area contributed by atoms with Gasteiger partial charge in [0.15, 0.2) is 11.4 Å². The number of benzene rings is 3. The highest BCUT2D eigenvalue weighted by molar-refractivity contribution is 5.66. The predicted octanol–water partition coefficient (Wildman–Crippen LogP) is 4.57. The zero-order chi connectivity index (χ0) is 28.6. The van der Waals surface area contributed by atoms with Crippen LogP contribution < -0.4 is 5.73 Å². The summed E-state index contributed by atoms with van der Waals surface area (Å²) in [4.78, 5) is 4.10. The van der Waals surface area contributed by atoms with Crippen molar-refractivity contribution in [3.63, 3.8) is 0 Å². The molecule has 2 N–H and O–H groups in total. The van der Waals surface area contributed by atoms with Crippen molar-refractivity contribution in [3.8, 4) is 6.07 Å². The van der Waals surface area contributed by atoms with E-state index in [2.05, 4.69) is 16.2 Å². The number of nitriles is 1. The van der Waals surface area contributed by atoms with Crippen LogP contribution in [0.5, 0.6) is 0 Å². The van der Waals surface area contributed by atoms with E-state index in [0.29, 0.717) is 30.2 Å². The number of aromatic nitrogens is 3. The molecule has 1 aliphatic heterocycles. The number of fused-ring (bicyclic) bond motifs is 2. The monoisotopic (exact) mass is 559 g/mol. The van der Waals surface area contributed by atoms with E-state index in [4.69, 9.17) is 24.7 Å². The van der Waals surface area contributed by atoms with Crippen molar-refractivity contribution in [2.45, 2.75) is 49.3 Å². The minimum absolute atomic E-state index is 0.243. The lowest BCUT2D eigenvalue weighted by atomic mass is 9.89. The van der Waals surface area contributed by atoms with Gasteiger partial charge in [0.25, 0.3) is 0 Å². The first kappa shape index (κ1) is 26.3. The van der Waals surface area contributed by atoms with Gasteiger partial charge in [-0.15, -0.1) is 0 Å². The smallest absolute Gasteiger partial charge is 0.226 e. The van der Waals surface area contributed by atoms with Crippen molar-refractivity contribution >= 4 is 11.3 Å². The molecule has 1 saturated carbocycles. The van der Waals surface area contributed by atoms with Crippen molar-refractivity contribution < 1.29 is 18.9 Å². The first-order valence-corrected chi connectivity index (χ1v) is 13.8. The third kappa shape index (κ3) is 4.33. The van der Waals surface area contributed by atoms with E-state index >= 15 is 0 Å². The van der Waals surface area contributed by atoms with Crippen LogP contribution in [0.4, 0.5) is 5.82 Å². The molecule has 5 atom stereocenters. The van der Waals surface area contributed by atoms with Gasteiger partial charge in [-0.3, -0.25) is 0 Å². The van der Waals surface area contributed by atoms with Gasteiger partial charge >= 0.3 is 0 Å². The van der Waals surface area contributed by atoms with Crippen molar-refractivity contribution in [3.05, 3.63) is 132 Å². The van der Waals surface area contributed by atoms with Gasteiger partial charge in [-0.1, -0.05) is 91.0 Å². The highest BCUT2D eigenvalue weighted by atomic mass is 16.7. The fraction of sp³-hybridized carbons (Fsp3) is 0.242. The van der Waals surface area contributed by atoms with Gasteiger partial charge in [-0.05, 0) is 28.8 Å². The third-order valence-electron chi connectivity index (χ3n) is 8.04. The van der Waals surface area contributed by atoms with Crippen LogP contribution in [0, 0.1) is 11.3 Å². The fourth-order valence-electron chi connectivity index (χ4n) is 5.93. The highest BCUT2D eigenvalue weighted by Gasteiger charge is 2.85. The SMILES string of the molecule is N#CC1(c2ccc3c(N)ncnn23)O[C@@H]2C(OCc3ccccc3)[C@]2(OCc2ccccc2)[C@H]1OCc1ccccc1. The molecular formula is C33H29N5O4. The summed E-state index contributed by atoms with van der Waals surface area (Å²) < 4.78 is 28.2. The van der Waals surface area contributed by atoms with E-state index in [1.807, 2.05) is 91.0 Å². The van der Waals surface area contributed by atoms with Crippen molar-refractivity contribution in [1.82, 2.24) is 14.6 Å². The minimum Gasteiger partial charge on any atom is -0.382 e. The second-order valence-electron chi connectivity index (χ2n) is 10.6. The van der Waals surface area contributed by atoms with Gasteiger partial charge in [0.1, 0.15) is 36.2 Å². The number of hydrogen-bond acceptors (Lipinski definition) is 8. The van der Waals surface area contributed by atoms with E-state index in [0.717, 1.165) is 16.7 Å². The molecule has 0 bridgehead atoms. The summed E-state index contributed by atoms with van der Waals surface area (Å²) in [7, 11) is 0. The lowest BCUT2D eigenvalue weighted by Crippen LogP contribution is -2.50. The van der Waals surface area contributed by atoms with Crippen LogP contribution in [-0.4, -0.2) is 38.5 Å². The van der Waals surface area contributed by atoms with Crippen molar-refractivity contribution in [2.75, 3.05) is 5.73 Å². The van der Waals surface area contributed by atoms with Gasteiger partial charge in [0.05, 0.1) is 25.5 Å². The average molecular weight is 560 g/mol. The average Bonchev–Trinajstić information content (AvgIpc) is 3.29. The molecule has 2 aliphatic rings. The molecule has 7 rings (SSSR count). The maximum atomic E-state index is 10.9. The molecule has 42 heavy (non-hydrogen) atoms. The van der Waals surface area contributed by atoms with Gasteiger partial charge in [0.2, 0.25) is 5.60 Å². The highest BCUT2D eigenvalue weighted by Crippen LogP contribution is 2.63. The number of anilines is 1. The summed E-state index contributed by atoms with van der Waals surface area (Å²) >= 11 is 0. The molecule has 9 heteroatoms. The standard InChI is InChI=1S/C33H29N5O4/c34-21-32(27-17-16-26-30(35)36-22-37-38(26)27)31(40-19-24-12-6-2-7-13-24)33(41-20-25-14-8-3-9-15-25)28(29(33)42-32)39-18-23-10-4-1-5-11-23/h1-17,22,28-29,31H,18-20H2,(H2,35,36,37)/t28?,29-,31+,32?,33-/m1/s1. The summed E-state index contributed by atoms with van der Waals surface area (Å²) in [6, 6.07) is 35.7. The van der Waals surface area contributed by atoms with Crippen molar-refractivity contribution in [2.24, 2.45) is 0 Å². The van der Waals surface area contributed by atoms with Crippen LogP contribution in [0.2, 0.25) is 0 Å². The fourth-order valence-corrected chi connectivity index (χ4v) is 5.93. The molecule has 2 fully saturated rings. The Bertz CT molecular complexity index is 1730. The molecule has 2 unspecified atom stereocenters. The number of nitrogens with zero attached hydrogens (tertiary/aromatic N) is 4. The van der Waals surface area contributed by atoms with E-state index in [-0.39, 0.29) is 6.61 Å². The maximum absolute atomic E-state index is 10.9. The Morgan fingerprint density at radius 3 is 2.02 bits per heavy atom. The van der Waals surface area contributed by atoms with Crippen LogP contribution in [0.1, 0.15) is 22.4 Å². The normalized spacial score (nSPS) is 26.1. The molecule has 2 aromatic heterocycles. The molecule has 210 valence electrons. The molecular weight excluding hydrogens is 530 g/mol. The van der Waals surface area contributed by atoms with Crippen LogP contribution in [0.25, 0.3) is 5.52 Å². The largest absolute Gasteiger partial charge is 0.382 e. The van der Waals surface area contributed by atoms with Crippen LogP contribution in [0.3, 0.4) is 0 Å². The van der Waals surface area contributed by atoms with Crippen molar-refractivity contribution in [1.29, 1.82) is 5.26 Å². The Morgan fingerprint density at radius 2 is 1.40 bits per heavy atom. The topological polar surface area (TPSA) is 117 Å². The zero-order valence-corrected chi connectivity index (χ0v) is 22.7. The number of nitrogen functional groups attached to an aromatic ring is 1. The molecule has 0 radical (unpaired) electrons. The number of rotatable bonds is 10. The lowest BCUT2D eigenvalue weighted by molar-refractivity contribution is -0.167. The number of nitrogens with two attached hydrogens (primary N) is 1. The molecule has 1 saturated heterocycles. The zero-order valence-electron chi connectivity index (χ0n) is 22.7. The van der Waals surface area contributed by atoms with Crippen LogP contribution >= 0.6 is 0 Å². The third-order valence-corrected chi connectivity index (χ3v) is 8.04. The van der Waals surface area contributed by atoms with Gasteiger partial charge in [-0.25, -0.2) is 9.50 Å². The van der Waals surface area contributed by atoms with E-state index in [1.54, 1.807) is 16.6 Å². The minimum atomic E-state index is -1.56. The molecule has 0 amide bonds. The maximum Gasteiger partial charge on any atom is 0.226 e. The van der Waals surface area contributed by atoms with Gasteiger partial charge < -0.3 is 24.7 Å². The van der Waals surface area contributed by atoms with Gasteiger partial charge in [0, 0.05) is 0 Å². The molecule has 5 aromatic rings. The predicted molar refractivity (Wildman–Crippen MR) is 154 cm³/mol. The Kier molecular flexibility index (Phi) is 6.69. The second kappa shape index (κ2) is 10.7. The first-order valence-electron chi connectivity index (χ1n) is 13.8. The molecule has 9 nitrogen and oxygen atoms in total. The van der Waals surface area contributed by atoms with Gasteiger partial charge in [-0.2, -0.15) is 10.4 Å². The Hall–Kier alpha value is -4.59. The van der Waals surface area contributed by atoms with E-state index in [1.165, 1.54) is 6.33 Å². The molecule has 1 aliphatic carbocycles. The Balaban J connectivity index is 1.30. The summed E-state index contributed by atoms with van der Waals surface area (Å²) in [6.45, 7) is 0.903. The van der Waals surface area contributed by atoms with E-state index < -0.39 is 29.5 Å². The van der Waals surface area contributed by atoms with Crippen LogP contribution in [-0.2, 0) is 44.4 Å². The second-order valence-corrected chi connectivity index (χ2v) is 10.6. The molecule has 3 aromatic carbocycles. The number of ether oxygens (including phenoxy) is 4. The quantitative estimate of drug-likeness (QED) is 0.265. The lowest BCUT2D eigenvalue weighted by Gasteiger charge is -2.34. The van der Waals surface area contributed by atoms with E-state index in [9.17, 15) is 5.26 Å². The summed E-state index contributed by atoms with van der Waals surface area (Å²) in [5, 5.41) is 15.3. The first-order chi connectivity index (χ1) is 20.7. The summed E-state index contributed by atoms with van der Waals surface area (Å²) in [5.74, 6) is 0.299. The molecule has 0 spiro atoms. The van der Waals surface area contributed by atoms with Crippen LogP contribution in [0.15, 0.2) is 109 Å². The summed E-state index contributed by atoms with van der Waals surface area (Å²) in [5.41, 5.74) is 7.56. The molecule has 3 heterocycles. The Morgan fingerprint density at radius 1 is 0.810 bits per heavy atom.